The summed E-state index contributed by atoms with van der Waals surface area (Å²) in [6.45, 7) is 9.32. The van der Waals surface area contributed by atoms with E-state index in [2.05, 4.69) is 24.1 Å². The predicted molar refractivity (Wildman–Crippen MR) is 87.3 cm³/mol. The lowest BCUT2D eigenvalue weighted by atomic mass is 9.92. The number of hydrogen-bond acceptors (Lipinski definition) is 3. The number of carbonyl (C=O) groups is 3. The number of nitrogens with zero attached hydrogens (tertiary/aromatic N) is 1. The molecule has 1 aromatic rings. The van der Waals surface area contributed by atoms with Gasteiger partial charge in [0.1, 0.15) is 5.54 Å². The first kappa shape index (κ1) is 17.2. The number of urea groups is 1. The summed E-state index contributed by atoms with van der Waals surface area (Å²) in [5, 5.41) is 2.74. The fourth-order valence-electron chi connectivity index (χ4n) is 2.88. The van der Waals surface area contributed by atoms with Gasteiger partial charge in [-0.05, 0) is 45.6 Å². The van der Waals surface area contributed by atoms with Crippen molar-refractivity contribution in [2.45, 2.75) is 53.0 Å². The molecule has 0 aliphatic carbocycles. The van der Waals surface area contributed by atoms with Gasteiger partial charge in [0.25, 0.3) is 5.91 Å². The minimum atomic E-state index is -0.912. The average Bonchev–Trinajstić information content (AvgIpc) is 2.89. The fraction of sp³-hybridized carbons (Fsp3) is 0.588. The molecular weight excluding hydrogens is 294 g/mol. The second-order valence-electron chi connectivity index (χ2n) is 7.00. The molecule has 1 atom stereocenters. The summed E-state index contributed by atoms with van der Waals surface area (Å²) in [5.74, 6) is -0.109. The van der Waals surface area contributed by atoms with Crippen LogP contribution in [0.15, 0.2) is 6.07 Å². The van der Waals surface area contributed by atoms with Gasteiger partial charge in [-0.15, -0.1) is 0 Å². The van der Waals surface area contributed by atoms with Gasteiger partial charge >= 0.3 is 6.03 Å². The highest BCUT2D eigenvalue weighted by molar-refractivity contribution is 6.11. The van der Waals surface area contributed by atoms with Gasteiger partial charge in [-0.2, -0.15) is 0 Å². The van der Waals surface area contributed by atoms with Crippen molar-refractivity contribution in [3.8, 4) is 0 Å². The maximum atomic E-state index is 12.6. The molecule has 3 amide bonds. The van der Waals surface area contributed by atoms with Crippen LogP contribution in [-0.2, 0) is 4.79 Å². The Bertz CT molecular complexity index is 648. The van der Waals surface area contributed by atoms with Crippen LogP contribution in [0, 0.1) is 19.8 Å². The third kappa shape index (κ3) is 3.46. The second kappa shape index (κ2) is 6.18. The molecule has 0 bridgehead atoms. The molecule has 1 aliphatic rings. The zero-order chi connectivity index (χ0) is 17.4. The number of carbonyl (C=O) groups excluding carboxylic acids is 3. The SMILES string of the molecule is Cc1cc(C(=O)CN2C(=O)N[C@](C)(CCC(C)C)C2=O)c(C)[nH]1. The van der Waals surface area contributed by atoms with Crippen molar-refractivity contribution in [3.05, 3.63) is 23.0 Å². The molecule has 2 rings (SSSR count). The van der Waals surface area contributed by atoms with Gasteiger partial charge in [0.05, 0.1) is 6.54 Å². The van der Waals surface area contributed by atoms with Crippen molar-refractivity contribution in [3.63, 3.8) is 0 Å². The van der Waals surface area contributed by atoms with Crippen LogP contribution in [0.2, 0.25) is 0 Å². The molecule has 6 heteroatoms. The Balaban J connectivity index is 2.11. The number of imide groups is 1. The highest BCUT2D eigenvalue weighted by atomic mass is 16.2. The zero-order valence-electron chi connectivity index (χ0n) is 14.4. The van der Waals surface area contributed by atoms with E-state index in [0.717, 1.165) is 22.7 Å². The number of ketones is 1. The van der Waals surface area contributed by atoms with Crippen molar-refractivity contribution in [1.82, 2.24) is 15.2 Å². The van der Waals surface area contributed by atoms with Crippen LogP contribution in [0.1, 0.15) is 55.4 Å². The summed E-state index contributed by atoms with van der Waals surface area (Å²) in [5.41, 5.74) is 1.25. The lowest BCUT2D eigenvalue weighted by molar-refractivity contribution is -0.130. The van der Waals surface area contributed by atoms with E-state index in [-0.39, 0.29) is 18.2 Å². The first-order valence-corrected chi connectivity index (χ1v) is 7.97. The largest absolute Gasteiger partial charge is 0.362 e. The smallest absolute Gasteiger partial charge is 0.325 e. The monoisotopic (exact) mass is 319 g/mol. The quantitative estimate of drug-likeness (QED) is 0.624. The first-order valence-electron chi connectivity index (χ1n) is 7.97. The maximum absolute atomic E-state index is 12.6. The van der Waals surface area contributed by atoms with Crippen molar-refractivity contribution in [1.29, 1.82) is 0 Å². The van der Waals surface area contributed by atoms with Gasteiger partial charge in [-0.25, -0.2) is 4.79 Å². The lowest BCUT2D eigenvalue weighted by Crippen LogP contribution is -2.44. The summed E-state index contributed by atoms with van der Waals surface area (Å²) < 4.78 is 0. The molecule has 6 nitrogen and oxygen atoms in total. The van der Waals surface area contributed by atoms with E-state index in [9.17, 15) is 14.4 Å². The molecule has 2 heterocycles. The molecule has 1 fully saturated rings. The third-order valence-electron chi connectivity index (χ3n) is 4.32. The van der Waals surface area contributed by atoms with Gasteiger partial charge in [0.2, 0.25) is 0 Å². The van der Waals surface area contributed by atoms with E-state index >= 15 is 0 Å². The summed E-state index contributed by atoms with van der Waals surface area (Å²) in [6.07, 6.45) is 1.41. The highest BCUT2D eigenvalue weighted by Gasteiger charge is 2.47. The molecule has 23 heavy (non-hydrogen) atoms. The lowest BCUT2D eigenvalue weighted by Gasteiger charge is -2.22. The van der Waals surface area contributed by atoms with E-state index < -0.39 is 11.6 Å². The summed E-state index contributed by atoms with van der Waals surface area (Å²) >= 11 is 0. The first-order chi connectivity index (χ1) is 10.6. The van der Waals surface area contributed by atoms with Crippen molar-refractivity contribution < 1.29 is 14.4 Å². The normalized spacial score (nSPS) is 21.2. The number of hydrogen-bond donors (Lipinski definition) is 2. The molecule has 1 aromatic heterocycles. The summed E-state index contributed by atoms with van der Waals surface area (Å²) in [4.78, 5) is 41.2. The van der Waals surface area contributed by atoms with Crippen molar-refractivity contribution in [2.24, 2.45) is 5.92 Å². The predicted octanol–water partition coefficient (Wildman–Crippen LogP) is 2.56. The Morgan fingerprint density at radius 3 is 2.48 bits per heavy atom. The van der Waals surface area contributed by atoms with Crippen LogP contribution in [0.3, 0.4) is 0 Å². The Hall–Kier alpha value is -2.11. The number of amides is 3. The summed E-state index contributed by atoms with van der Waals surface area (Å²) in [7, 11) is 0. The van der Waals surface area contributed by atoms with Crippen LogP contribution in [0.5, 0.6) is 0 Å². The number of aryl methyl sites for hydroxylation is 2. The van der Waals surface area contributed by atoms with Crippen molar-refractivity contribution in [2.75, 3.05) is 6.54 Å². The molecule has 1 aliphatic heterocycles. The maximum Gasteiger partial charge on any atom is 0.325 e. The highest BCUT2D eigenvalue weighted by Crippen LogP contribution is 2.25. The molecule has 0 radical (unpaired) electrons. The standard InChI is InChI=1S/C17H25N3O3/c1-10(2)6-7-17(5)15(22)20(16(23)19-17)9-14(21)13-8-11(3)18-12(13)4/h8,10,18H,6-7,9H2,1-5H3,(H,19,23)/t17-/m1/s1. The van der Waals surface area contributed by atoms with Gasteiger partial charge in [-0.1, -0.05) is 13.8 Å². The van der Waals surface area contributed by atoms with E-state index in [1.54, 1.807) is 19.9 Å². The number of nitrogens with one attached hydrogen (secondary N) is 2. The topological polar surface area (TPSA) is 82.3 Å². The molecule has 1 saturated heterocycles. The number of aromatic amines is 1. The Labute approximate surface area is 136 Å². The fourth-order valence-corrected chi connectivity index (χ4v) is 2.88. The minimum absolute atomic E-state index is 0.222. The molecule has 0 aromatic carbocycles. The summed E-state index contributed by atoms with van der Waals surface area (Å²) in [6, 6.07) is 1.26. The second-order valence-corrected chi connectivity index (χ2v) is 7.00. The van der Waals surface area contributed by atoms with Gasteiger partial charge in [-0.3, -0.25) is 14.5 Å². The molecule has 2 N–H and O–H groups in total. The third-order valence-corrected chi connectivity index (χ3v) is 4.32. The Kier molecular flexibility index (Phi) is 4.63. The van der Waals surface area contributed by atoms with Crippen molar-refractivity contribution >= 4 is 17.7 Å². The van der Waals surface area contributed by atoms with Gasteiger partial charge < -0.3 is 10.3 Å². The number of rotatable bonds is 6. The average molecular weight is 319 g/mol. The Morgan fingerprint density at radius 2 is 1.96 bits per heavy atom. The molecule has 0 unspecified atom stereocenters. The van der Waals surface area contributed by atoms with Gasteiger partial charge in [0, 0.05) is 17.0 Å². The minimum Gasteiger partial charge on any atom is -0.362 e. The molecular formula is C17H25N3O3. The van der Waals surface area contributed by atoms with Crippen LogP contribution in [0.25, 0.3) is 0 Å². The van der Waals surface area contributed by atoms with Crippen LogP contribution in [0.4, 0.5) is 4.79 Å². The van der Waals surface area contributed by atoms with Crippen LogP contribution < -0.4 is 5.32 Å². The van der Waals surface area contributed by atoms with E-state index in [0.29, 0.717) is 17.9 Å². The number of aromatic nitrogens is 1. The molecule has 0 saturated carbocycles. The van der Waals surface area contributed by atoms with Gasteiger partial charge in [0.15, 0.2) is 5.78 Å². The van der Waals surface area contributed by atoms with E-state index in [1.165, 1.54) is 0 Å². The molecule has 0 spiro atoms. The number of Topliss-reactive ketones (excluding diaryl/α,β-unsaturated/α-hetero) is 1. The Morgan fingerprint density at radius 1 is 1.30 bits per heavy atom. The van der Waals surface area contributed by atoms with E-state index in [1.807, 2.05) is 6.92 Å². The zero-order valence-corrected chi connectivity index (χ0v) is 14.4. The molecule has 126 valence electrons. The van der Waals surface area contributed by atoms with Crippen LogP contribution >= 0.6 is 0 Å². The number of H-pyrrole nitrogens is 1. The van der Waals surface area contributed by atoms with E-state index in [4.69, 9.17) is 0 Å². The van der Waals surface area contributed by atoms with Crippen LogP contribution in [-0.4, -0.2) is 39.7 Å².